The van der Waals surface area contributed by atoms with Gasteiger partial charge in [-0.2, -0.15) is 0 Å². The van der Waals surface area contributed by atoms with Gasteiger partial charge in [-0.3, -0.25) is 0 Å². The van der Waals surface area contributed by atoms with E-state index >= 15 is 0 Å². The van der Waals surface area contributed by atoms with Crippen molar-refractivity contribution < 1.29 is 9.50 Å². The van der Waals surface area contributed by atoms with Gasteiger partial charge in [0.25, 0.3) is 0 Å². The normalized spacial score (nSPS) is 46.6. The fourth-order valence-corrected chi connectivity index (χ4v) is 8.48. The molecular formula is C25H37FN2O. The van der Waals surface area contributed by atoms with E-state index in [4.69, 9.17) is 0 Å². The second-order valence-electron chi connectivity index (χ2n) is 11.1. The van der Waals surface area contributed by atoms with Crippen LogP contribution in [0.15, 0.2) is 30.9 Å². The molecule has 8 atom stereocenters. The van der Waals surface area contributed by atoms with Crippen LogP contribution < -0.4 is 0 Å². The second kappa shape index (κ2) is 7.21. The van der Waals surface area contributed by atoms with Crippen LogP contribution in [-0.2, 0) is 6.54 Å². The van der Waals surface area contributed by atoms with E-state index in [-0.39, 0.29) is 0 Å². The van der Waals surface area contributed by atoms with Crippen LogP contribution >= 0.6 is 0 Å². The zero-order valence-corrected chi connectivity index (χ0v) is 17.9. The summed E-state index contributed by atoms with van der Waals surface area (Å²) in [7, 11) is 0. The van der Waals surface area contributed by atoms with Crippen LogP contribution in [0.1, 0.15) is 64.7 Å². The van der Waals surface area contributed by atoms with Crippen LogP contribution in [0.2, 0.25) is 0 Å². The van der Waals surface area contributed by atoms with E-state index in [2.05, 4.69) is 23.1 Å². The number of hydrogen-bond donors (Lipinski definition) is 1. The highest BCUT2D eigenvalue weighted by Gasteiger charge is 2.58. The van der Waals surface area contributed by atoms with Gasteiger partial charge >= 0.3 is 0 Å². The Balaban J connectivity index is 1.31. The van der Waals surface area contributed by atoms with Crippen LogP contribution in [-0.4, -0.2) is 26.9 Å². The molecule has 29 heavy (non-hydrogen) atoms. The average Bonchev–Trinajstić information content (AvgIpc) is 3.34. The lowest BCUT2D eigenvalue weighted by molar-refractivity contribution is -0.110. The number of rotatable bonds is 4. The van der Waals surface area contributed by atoms with Gasteiger partial charge in [0.15, 0.2) is 0 Å². The maximum atomic E-state index is 13.4. The van der Waals surface area contributed by atoms with Crippen LogP contribution in [0, 0.1) is 40.9 Å². The summed E-state index contributed by atoms with van der Waals surface area (Å²) in [4.78, 5) is 4.19. The SMILES string of the molecule is C=C(Cn1ccnc1)[C@H]1CC[C@H]2[C@@H]3CC[C@H]4C[C@@](O)(CF)CC[C@@H]4[C@H]3CC[C@]12C. The van der Waals surface area contributed by atoms with Crippen molar-refractivity contribution >= 4 is 0 Å². The van der Waals surface area contributed by atoms with Crippen molar-refractivity contribution in [2.24, 2.45) is 40.9 Å². The fourth-order valence-electron chi connectivity index (χ4n) is 8.48. The summed E-state index contributed by atoms with van der Waals surface area (Å²) in [5.41, 5.74) is 0.742. The van der Waals surface area contributed by atoms with Gasteiger partial charge in [0.1, 0.15) is 6.67 Å². The lowest BCUT2D eigenvalue weighted by Crippen LogP contribution is -2.51. The first-order valence-electron chi connectivity index (χ1n) is 11.9. The zero-order valence-electron chi connectivity index (χ0n) is 17.9. The molecule has 0 saturated heterocycles. The molecule has 1 heterocycles. The number of aromatic nitrogens is 2. The van der Waals surface area contributed by atoms with E-state index in [9.17, 15) is 9.50 Å². The summed E-state index contributed by atoms with van der Waals surface area (Å²) in [6.07, 6.45) is 15.9. The Morgan fingerprint density at radius 1 is 1.14 bits per heavy atom. The Morgan fingerprint density at radius 3 is 2.72 bits per heavy atom. The number of nitrogens with zero attached hydrogens (tertiary/aromatic N) is 2. The van der Waals surface area contributed by atoms with Gasteiger partial charge < -0.3 is 9.67 Å². The van der Waals surface area contributed by atoms with Crippen molar-refractivity contribution in [3.8, 4) is 0 Å². The van der Waals surface area contributed by atoms with Gasteiger partial charge in [0.2, 0.25) is 0 Å². The first kappa shape index (κ1) is 19.8. The molecule has 1 aromatic rings. The zero-order chi connectivity index (χ0) is 20.2. The number of allylic oxidation sites excluding steroid dienone is 1. The molecule has 4 heteroatoms. The molecule has 0 unspecified atom stereocenters. The van der Waals surface area contributed by atoms with Gasteiger partial charge in [-0.1, -0.05) is 19.1 Å². The Labute approximate surface area is 174 Å². The van der Waals surface area contributed by atoms with Crippen molar-refractivity contribution in [3.63, 3.8) is 0 Å². The van der Waals surface area contributed by atoms with E-state index in [0.717, 1.165) is 36.6 Å². The first-order chi connectivity index (χ1) is 13.9. The van der Waals surface area contributed by atoms with Crippen LogP contribution in [0.3, 0.4) is 0 Å². The summed E-state index contributed by atoms with van der Waals surface area (Å²) in [5.74, 6) is 4.33. The third-order valence-corrected chi connectivity index (χ3v) is 9.79. The third-order valence-electron chi connectivity index (χ3n) is 9.79. The van der Waals surface area contributed by atoms with Crippen molar-refractivity contribution in [1.82, 2.24) is 9.55 Å². The number of fused-ring (bicyclic) bond motifs is 5. The number of imidazole rings is 1. The molecule has 4 aliphatic rings. The van der Waals surface area contributed by atoms with Gasteiger partial charge in [0, 0.05) is 18.9 Å². The van der Waals surface area contributed by atoms with Crippen molar-refractivity contribution in [2.45, 2.75) is 76.9 Å². The van der Waals surface area contributed by atoms with E-state index in [1.807, 2.05) is 18.7 Å². The summed E-state index contributed by atoms with van der Waals surface area (Å²) in [6.45, 7) is 7.42. The van der Waals surface area contributed by atoms with E-state index < -0.39 is 12.3 Å². The molecule has 5 rings (SSSR count). The highest BCUT2D eigenvalue weighted by atomic mass is 19.1. The fraction of sp³-hybridized carbons (Fsp3) is 0.800. The molecule has 0 amide bonds. The van der Waals surface area contributed by atoms with E-state index in [1.165, 1.54) is 44.1 Å². The highest BCUT2D eigenvalue weighted by molar-refractivity contribution is 5.16. The lowest BCUT2D eigenvalue weighted by atomic mass is 9.48. The maximum absolute atomic E-state index is 13.4. The van der Waals surface area contributed by atoms with Crippen molar-refractivity contribution in [1.29, 1.82) is 0 Å². The summed E-state index contributed by atoms with van der Waals surface area (Å²) in [6, 6.07) is 0. The minimum atomic E-state index is -1.03. The Morgan fingerprint density at radius 2 is 1.97 bits per heavy atom. The molecule has 4 aliphatic carbocycles. The Bertz CT molecular complexity index is 748. The molecular weight excluding hydrogens is 363 g/mol. The molecule has 0 radical (unpaired) electrons. The average molecular weight is 401 g/mol. The lowest BCUT2D eigenvalue weighted by Gasteiger charge is -2.57. The monoisotopic (exact) mass is 400 g/mol. The molecule has 4 fully saturated rings. The maximum Gasteiger partial charge on any atom is 0.118 e. The number of alkyl halides is 1. The second-order valence-corrected chi connectivity index (χ2v) is 11.1. The van der Waals surface area contributed by atoms with E-state index in [1.54, 1.807) is 0 Å². The van der Waals surface area contributed by atoms with Gasteiger partial charge in [-0.05, 0) is 98.7 Å². The van der Waals surface area contributed by atoms with E-state index in [0.29, 0.717) is 30.1 Å². The summed E-state index contributed by atoms with van der Waals surface area (Å²) < 4.78 is 15.5. The number of hydrogen-bond acceptors (Lipinski definition) is 2. The molecule has 3 nitrogen and oxygen atoms in total. The summed E-state index contributed by atoms with van der Waals surface area (Å²) in [5, 5.41) is 10.5. The van der Waals surface area contributed by atoms with Crippen LogP contribution in [0.4, 0.5) is 4.39 Å². The van der Waals surface area contributed by atoms with Gasteiger partial charge in [-0.15, -0.1) is 0 Å². The minimum Gasteiger partial charge on any atom is -0.387 e. The van der Waals surface area contributed by atoms with Crippen LogP contribution in [0.25, 0.3) is 0 Å². The largest absolute Gasteiger partial charge is 0.387 e. The van der Waals surface area contributed by atoms with Gasteiger partial charge in [0.05, 0.1) is 11.9 Å². The molecule has 1 aromatic heterocycles. The minimum absolute atomic E-state index is 0.389. The van der Waals surface area contributed by atoms with Gasteiger partial charge in [-0.25, -0.2) is 9.37 Å². The van der Waals surface area contributed by atoms with Crippen molar-refractivity contribution in [3.05, 3.63) is 30.9 Å². The smallest absolute Gasteiger partial charge is 0.118 e. The quantitative estimate of drug-likeness (QED) is 0.686. The number of halogens is 1. The summed E-state index contributed by atoms with van der Waals surface area (Å²) >= 11 is 0. The predicted molar refractivity (Wildman–Crippen MR) is 113 cm³/mol. The number of aliphatic hydroxyl groups is 1. The molecule has 0 aromatic carbocycles. The first-order valence-corrected chi connectivity index (χ1v) is 11.9. The highest BCUT2D eigenvalue weighted by Crippen LogP contribution is 2.65. The Kier molecular flexibility index (Phi) is 4.92. The third kappa shape index (κ3) is 3.21. The molecule has 0 aliphatic heterocycles. The molecule has 0 bridgehead atoms. The van der Waals surface area contributed by atoms with Crippen molar-refractivity contribution in [2.75, 3.05) is 6.67 Å². The molecule has 160 valence electrons. The molecule has 0 spiro atoms. The molecule has 4 saturated carbocycles. The van der Waals surface area contributed by atoms with Crippen LogP contribution in [0.5, 0.6) is 0 Å². The standard InChI is InChI=1S/C25H37FN2O/c1-17(14-28-12-11-27-16-28)22-5-6-23-21-4-3-18-13-25(29,15-26)10-8-19(18)20(21)7-9-24(22,23)2/h11-12,16,18-23,29H,1,3-10,13-15H2,2H3/t18-,19-,20+,21+,22+,23-,24+,25+/m0/s1. The Hall–Kier alpha value is -1.16. The topological polar surface area (TPSA) is 38.0 Å². The predicted octanol–water partition coefficient (Wildman–Crippen LogP) is 5.41. The molecule has 1 N–H and O–H groups in total.